The lowest BCUT2D eigenvalue weighted by atomic mass is 10.1. The Morgan fingerprint density at radius 1 is 1.53 bits per heavy atom. The normalized spacial score (nSPS) is 20.4. The highest BCUT2D eigenvalue weighted by Gasteiger charge is 2.25. The largest absolute Gasteiger partial charge is 0.363 e. The van der Waals surface area contributed by atoms with Crippen LogP contribution < -0.4 is 10.6 Å². The van der Waals surface area contributed by atoms with Gasteiger partial charge >= 0.3 is 0 Å². The number of piperidine rings is 1. The average Bonchev–Trinajstić information content (AvgIpc) is 2.28. The van der Waals surface area contributed by atoms with Gasteiger partial charge < -0.3 is 10.6 Å². The van der Waals surface area contributed by atoms with E-state index in [0.29, 0.717) is 17.3 Å². The van der Waals surface area contributed by atoms with Crippen LogP contribution in [-0.4, -0.2) is 24.1 Å². The van der Waals surface area contributed by atoms with E-state index in [0.717, 1.165) is 19.4 Å². The first-order valence-corrected chi connectivity index (χ1v) is 5.91. The van der Waals surface area contributed by atoms with Crippen LogP contribution in [0.2, 0.25) is 5.02 Å². The molecular weight excluding hydrogens is 242 g/mol. The number of rotatable bonds is 2. The zero-order valence-electron chi connectivity index (χ0n) is 9.30. The van der Waals surface area contributed by atoms with Gasteiger partial charge in [-0.15, -0.1) is 0 Å². The minimum Gasteiger partial charge on any atom is -0.363 e. The van der Waals surface area contributed by atoms with Crippen LogP contribution in [0.5, 0.6) is 0 Å². The van der Waals surface area contributed by atoms with Crippen molar-refractivity contribution < 1.29 is 4.92 Å². The molecule has 5 nitrogen and oxygen atoms in total. The van der Waals surface area contributed by atoms with Gasteiger partial charge in [0.2, 0.25) is 0 Å². The van der Waals surface area contributed by atoms with Crippen LogP contribution in [0, 0.1) is 10.1 Å². The Bertz CT molecular complexity index is 439. The minimum absolute atomic E-state index is 0.0478. The van der Waals surface area contributed by atoms with Crippen molar-refractivity contribution in [2.75, 3.05) is 18.0 Å². The molecule has 1 heterocycles. The maximum Gasteiger partial charge on any atom is 0.294 e. The summed E-state index contributed by atoms with van der Waals surface area (Å²) in [5.41, 5.74) is 6.43. The lowest BCUT2D eigenvalue weighted by molar-refractivity contribution is -0.384. The molecule has 0 amide bonds. The van der Waals surface area contributed by atoms with Gasteiger partial charge in [0.05, 0.1) is 9.95 Å². The molecule has 0 aromatic heterocycles. The second kappa shape index (κ2) is 4.89. The minimum atomic E-state index is -0.401. The Balaban J connectivity index is 2.39. The highest BCUT2D eigenvalue weighted by Crippen LogP contribution is 2.36. The SMILES string of the molecule is NC1CCCN(c2c(Cl)cccc2[N+](=O)[O-])C1. The van der Waals surface area contributed by atoms with E-state index in [1.165, 1.54) is 6.07 Å². The molecule has 2 N–H and O–H groups in total. The van der Waals surface area contributed by atoms with Gasteiger partial charge in [-0.25, -0.2) is 0 Å². The number of halogens is 1. The predicted octanol–water partition coefficient (Wildman–Crippen LogP) is 2.18. The molecule has 1 saturated heterocycles. The Morgan fingerprint density at radius 2 is 2.29 bits per heavy atom. The summed E-state index contributed by atoms with van der Waals surface area (Å²) in [6.45, 7) is 1.38. The molecule has 1 aliphatic rings. The van der Waals surface area contributed by atoms with Crippen molar-refractivity contribution in [3.63, 3.8) is 0 Å². The first kappa shape index (κ1) is 12.1. The zero-order chi connectivity index (χ0) is 12.4. The van der Waals surface area contributed by atoms with E-state index in [1.54, 1.807) is 12.1 Å². The molecule has 1 aromatic carbocycles. The van der Waals surface area contributed by atoms with Crippen molar-refractivity contribution in [2.45, 2.75) is 18.9 Å². The Morgan fingerprint density at radius 3 is 2.94 bits per heavy atom. The second-order valence-corrected chi connectivity index (χ2v) is 4.62. The number of nitrogens with two attached hydrogens (primary N) is 1. The van der Waals surface area contributed by atoms with Gasteiger partial charge in [-0.1, -0.05) is 17.7 Å². The number of para-hydroxylation sites is 1. The van der Waals surface area contributed by atoms with E-state index in [-0.39, 0.29) is 11.7 Å². The first-order chi connectivity index (χ1) is 8.09. The van der Waals surface area contributed by atoms with Gasteiger partial charge in [0.15, 0.2) is 0 Å². The van der Waals surface area contributed by atoms with Crippen molar-refractivity contribution >= 4 is 23.0 Å². The van der Waals surface area contributed by atoms with E-state index < -0.39 is 4.92 Å². The quantitative estimate of drug-likeness (QED) is 0.649. The topological polar surface area (TPSA) is 72.4 Å². The standard InChI is InChI=1S/C11H14ClN3O2/c12-9-4-1-5-10(15(16)17)11(9)14-6-2-3-8(13)7-14/h1,4-5,8H,2-3,6-7,13H2. The summed E-state index contributed by atoms with van der Waals surface area (Å²) < 4.78 is 0. The zero-order valence-corrected chi connectivity index (χ0v) is 10.1. The van der Waals surface area contributed by atoms with Crippen LogP contribution in [0.3, 0.4) is 0 Å². The summed E-state index contributed by atoms with van der Waals surface area (Å²) in [6.07, 6.45) is 1.89. The lowest BCUT2D eigenvalue weighted by Crippen LogP contribution is -2.43. The molecule has 0 aliphatic carbocycles. The van der Waals surface area contributed by atoms with Crippen LogP contribution in [0.15, 0.2) is 18.2 Å². The summed E-state index contributed by atoms with van der Waals surface area (Å²) in [7, 11) is 0. The third-order valence-electron chi connectivity index (χ3n) is 2.94. The fraction of sp³-hybridized carbons (Fsp3) is 0.455. The molecule has 1 aliphatic heterocycles. The van der Waals surface area contributed by atoms with Crippen molar-refractivity contribution in [3.05, 3.63) is 33.3 Å². The van der Waals surface area contributed by atoms with Crippen molar-refractivity contribution in [2.24, 2.45) is 5.73 Å². The first-order valence-electron chi connectivity index (χ1n) is 5.53. The van der Waals surface area contributed by atoms with Crippen molar-refractivity contribution in [3.8, 4) is 0 Å². The number of benzene rings is 1. The fourth-order valence-corrected chi connectivity index (χ4v) is 2.47. The maximum absolute atomic E-state index is 11.0. The van der Waals surface area contributed by atoms with E-state index >= 15 is 0 Å². The van der Waals surface area contributed by atoms with Gasteiger partial charge in [-0.05, 0) is 18.9 Å². The van der Waals surface area contributed by atoms with Gasteiger partial charge in [-0.2, -0.15) is 0 Å². The second-order valence-electron chi connectivity index (χ2n) is 4.21. The van der Waals surface area contributed by atoms with Crippen molar-refractivity contribution in [1.29, 1.82) is 0 Å². The smallest absolute Gasteiger partial charge is 0.294 e. The summed E-state index contributed by atoms with van der Waals surface area (Å²) >= 11 is 6.07. The van der Waals surface area contributed by atoms with Gasteiger partial charge in [0.1, 0.15) is 5.69 Å². The lowest BCUT2D eigenvalue weighted by Gasteiger charge is -2.32. The molecule has 6 heteroatoms. The molecule has 0 spiro atoms. The summed E-state index contributed by atoms with van der Waals surface area (Å²) in [5, 5.41) is 11.4. The summed E-state index contributed by atoms with van der Waals surface area (Å²) in [4.78, 5) is 12.5. The summed E-state index contributed by atoms with van der Waals surface area (Å²) in [5.74, 6) is 0. The van der Waals surface area contributed by atoms with E-state index in [1.807, 2.05) is 4.90 Å². The molecule has 0 saturated carbocycles. The maximum atomic E-state index is 11.0. The number of hydrogen-bond acceptors (Lipinski definition) is 4. The molecule has 1 fully saturated rings. The van der Waals surface area contributed by atoms with E-state index in [9.17, 15) is 10.1 Å². The number of nitrogens with zero attached hydrogens (tertiary/aromatic N) is 2. The number of hydrogen-bond donors (Lipinski definition) is 1. The third kappa shape index (κ3) is 2.50. The van der Waals surface area contributed by atoms with Crippen LogP contribution in [-0.2, 0) is 0 Å². The number of anilines is 1. The molecule has 17 heavy (non-hydrogen) atoms. The molecule has 92 valence electrons. The molecule has 0 bridgehead atoms. The molecule has 0 radical (unpaired) electrons. The van der Waals surface area contributed by atoms with E-state index in [2.05, 4.69) is 0 Å². The number of nitro benzene ring substituents is 1. The Labute approximate surface area is 104 Å². The molecule has 1 aromatic rings. The molecule has 2 rings (SSSR count). The van der Waals surface area contributed by atoms with E-state index in [4.69, 9.17) is 17.3 Å². The number of nitro groups is 1. The third-order valence-corrected chi connectivity index (χ3v) is 3.24. The highest BCUT2D eigenvalue weighted by molar-refractivity contribution is 6.33. The monoisotopic (exact) mass is 255 g/mol. The van der Waals surface area contributed by atoms with Crippen LogP contribution in [0.1, 0.15) is 12.8 Å². The molecule has 1 unspecified atom stereocenters. The van der Waals surface area contributed by atoms with Gasteiger partial charge in [-0.3, -0.25) is 10.1 Å². The van der Waals surface area contributed by atoms with Crippen LogP contribution in [0.25, 0.3) is 0 Å². The molecule has 1 atom stereocenters. The van der Waals surface area contributed by atoms with Gasteiger partial charge in [0, 0.05) is 25.2 Å². The van der Waals surface area contributed by atoms with Crippen LogP contribution >= 0.6 is 11.6 Å². The Hall–Kier alpha value is -1.33. The van der Waals surface area contributed by atoms with Gasteiger partial charge in [0.25, 0.3) is 5.69 Å². The fourth-order valence-electron chi connectivity index (χ4n) is 2.18. The van der Waals surface area contributed by atoms with Crippen molar-refractivity contribution in [1.82, 2.24) is 0 Å². The summed E-state index contributed by atoms with van der Waals surface area (Å²) in [6, 6.07) is 4.79. The highest BCUT2D eigenvalue weighted by atomic mass is 35.5. The Kier molecular flexibility index (Phi) is 3.49. The van der Waals surface area contributed by atoms with Crippen LogP contribution in [0.4, 0.5) is 11.4 Å². The molecular formula is C11H14ClN3O2. The predicted molar refractivity (Wildman–Crippen MR) is 67.5 cm³/mol. The average molecular weight is 256 g/mol.